The molecule has 0 fully saturated rings. The van der Waals surface area contributed by atoms with Crippen LogP contribution in [0.4, 0.5) is 10.9 Å². The van der Waals surface area contributed by atoms with Crippen molar-refractivity contribution in [1.29, 1.82) is 0 Å². The van der Waals surface area contributed by atoms with Gasteiger partial charge in [0.2, 0.25) is 0 Å². The van der Waals surface area contributed by atoms with E-state index in [0.717, 1.165) is 5.56 Å². The summed E-state index contributed by atoms with van der Waals surface area (Å²) in [5.74, 6) is 0.480. The molecule has 0 bridgehead atoms. The summed E-state index contributed by atoms with van der Waals surface area (Å²) >= 11 is 1.36. The lowest BCUT2D eigenvalue weighted by molar-refractivity contribution is 0.0946. The molecule has 0 saturated carbocycles. The maximum atomic E-state index is 12.1. The Morgan fingerprint density at radius 3 is 2.91 bits per heavy atom. The molecule has 0 atom stereocenters. The zero-order chi connectivity index (χ0) is 15.2. The number of pyridine rings is 2. The summed E-state index contributed by atoms with van der Waals surface area (Å²) in [6.07, 6.45) is 5.11. The van der Waals surface area contributed by atoms with E-state index in [1.165, 1.54) is 11.3 Å². The van der Waals surface area contributed by atoms with Crippen LogP contribution in [0.25, 0.3) is 0 Å². The highest BCUT2D eigenvalue weighted by Gasteiger charge is 2.10. The minimum Gasteiger partial charge on any atom is -0.347 e. The summed E-state index contributed by atoms with van der Waals surface area (Å²) in [6.45, 7) is 0.424. The van der Waals surface area contributed by atoms with Crippen molar-refractivity contribution in [3.8, 4) is 0 Å². The van der Waals surface area contributed by atoms with Crippen molar-refractivity contribution < 1.29 is 4.79 Å². The van der Waals surface area contributed by atoms with Gasteiger partial charge in [0.15, 0.2) is 5.13 Å². The molecular weight excluding hydrogens is 298 g/mol. The number of hydrogen-bond donors (Lipinski definition) is 2. The average molecular weight is 311 g/mol. The molecule has 0 spiro atoms. The summed E-state index contributed by atoms with van der Waals surface area (Å²) < 4.78 is 0. The van der Waals surface area contributed by atoms with Crippen LogP contribution in [0.2, 0.25) is 0 Å². The molecule has 0 aliphatic heterocycles. The summed E-state index contributed by atoms with van der Waals surface area (Å²) in [4.78, 5) is 24.5. The van der Waals surface area contributed by atoms with Crippen molar-refractivity contribution in [2.24, 2.45) is 0 Å². The third kappa shape index (κ3) is 3.64. The molecular formula is C15H13N5OS. The maximum Gasteiger partial charge on any atom is 0.271 e. The van der Waals surface area contributed by atoms with Gasteiger partial charge < -0.3 is 10.6 Å². The van der Waals surface area contributed by atoms with Gasteiger partial charge in [0, 0.05) is 30.5 Å². The molecule has 22 heavy (non-hydrogen) atoms. The predicted molar refractivity (Wildman–Crippen MR) is 85.0 cm³/mol. The van der Waals surface area contributed by atoms with Crippen LogP contribution in [0.1, 0.15) is 16.1 Å². The fourth-order valence-corrected chi connectivity index (χ4v) is 2.45. The lowest BCUT2D eigenvalue weighted by atomic mass is 10.3. The first-order valence-corrected chi connectivity index (χ1v) is 7.50. The predicted octanol–water partition coefficient (Wildman–Crippen LogP) is 2.61. The van der Waals surface area contributed by atoms with Gasteiger partial charge in [-0.25, -0.2) is 9.97 Å². The molecule has 110 valence electrons. The fraction of sp³-hybridized carbons (Fsp3) is 0.0667. The van der Waals surface area contributed by atoms with E-state index in [1.54, 1.807) is 24.0 Å². The molecule has 6 nitrogen and oxygen atoms in total. The topological polar surface area (TPSA) is 79.8 Å². The highest BCUT2D eigenvalue weighted by atomic mass is 32.1. The number of hydrogen-bond acceptors (Lipinski definition) is 6. The Morgan fingerprint density at radius 2 is 2.14 bits per heavy atom. The third-order valence-electron chi connectivity index (χ3n) is 2.81. The van der Waals surface area contributed by atoms with Gasteiger partial charge in [-0.1, -0.05) is 12.1 Å². The zero-order valence-electron chi connectivity index (χ0n) is 11.6. The molecule has 0 aliphatic rings. The minimum absolute atomic E-state index is 0.214. The second kappa shape index (κ2) is 6.77. The first kappa shape index (κ1) is 14.2. The first-order chi connectivity index (χ1) is 10.8. The number of nitrogens with one attached hydrogen (secondary N) is 2. The van der Waals surface area contributed by atoms with Crippen molar-refractivity contribution >= 4 is 28.2 Å². The molecule has 3 aromatic rings. The van der Waals surface area contributed by atoms with Gasteiger partial charge >= 0.3 is 0 Å². The monoisotopic (exact) mass is 311 g/mol. The van der Waals surface area contributed by atoms with Gasteiger partial charge in [-0.15, -0.1) is 11.3 Å². The summed E-state index contributed by atoms with van der Waals surface area (Å²) in [6, 6.07) is 9.29. The fourth-order valence-electron chi connectivity index (χ4n) is 1.76. The van der Waals surface area contributed by atoms with E-state index in [0.29, 0.717) is 23.2 Å². The van der Waals surface area contributed by atoms with Gasteiger partial charge in [0.1, 0.15) is 11.5 Å². The zero-order valence-corrected chi connectivity index (χ0v) is 12.4. The van der Waals surface area contributed by atoms with E-state index in [9.17, 15) is 4.79 Å². The van der Waals surface area contributed by atoms with Gasteiger partial charge in [-0.05, 0) is 23.8 Å². The number of nitrogens with zero attached hydrogens (tertiary/aromatic N) is 3. The van der Waals surface area contributed by atoms with Gasteiger partial charge in [0.05, 0.1) is 0 Å². The lowest BCUT2D eigenvalue weighted by Crippen LogP contribution is -2.23. The molecule has 2 N–H and O–H groups in total. The Bertz CT molecular complexity index is 745. The Labute approximate surface area is 131 Å². The normalized spacial score (nSPS) is 10.2. The number of carbonyl (C=O) groups excluding carboxylic acids is 1. The molecule has 3 aromatic heterocycles. The van der Waals surface area contributed by atoms with Crippen molar-refractivity contribution in [2.75, 3.05) is 5.32 Å². The lowest BCUT2D eigenvalue weighted by Gasteiger charge is -2.02. The van der Waals surface area contributed by atoms with Crippen LogP contribution < -0.4 is 10.6 Å². The minimum atomic E-state index is -0.214. The maximum absolute atomic E-state index is 12.1. The van der Waals surface area contributed by atoms with Crippen molar-refractivity contribution in [1.82, 2.24) is 20.3 Å². The van der Waals surface area contributed by atoms with E-state index >= 15 is 0 Å². The van der Waals surface area contributed by atoms with Crippen LogP contribution in [0, 0.1) is 0 Å². The standard InChI is InChI=1S/C15H13N5OS/c21-14(18-9-11-4-3-6-16-8-11)12-10-22-15(19-12)20-13-5-1-2-7-17-13/h1-8,10H,9H2,(H,18,21)(H,17,19,20). The summed E-state index contributed by atoms with van der Waals surface area (Å²) in [5.41, 5.74) is 1.32. The Hall–Kier alpha value is -2.80. The quantitative estimate of drug-likeness (QED) is 0.757. The van der Waals surface area contributed by atoms with E-state index in [4.69, 9.17) is 0 Å². The van der Waals surface area contributed by atoms with Gasteiger partial charge in [0.25, 0.3) is 5.91 Å². The van der Waals surface area contributed by atoms with E-state index in [2.05, 4.69) is 25.6 Å². The molecule has 0 aliphatic carbocycles. The highest BCUT2D eigenvalue weighted by Crippen LogP contribution is 2.19. The number of aromatic nitrogens is 3. The molecule has 0 aromatic carbocycles. The highest BCUT2D eigenvalue weighted by molar-refractivity contribution is 7.14. The Kier molecular flexibility index (Phi) is 4.35. The number of anilines is 2. The Morgan fingerprint density at radius 1 is 1.18 bits per heavy atom. The van der Waals surface area contributed by atoms with Crippen molar-refractivity contribution in [3.63, 3.8) is 0 Å². The van der Waals surface area contributed by atoms with E-state index in [1.807, 2.05) is 30.3 Å². The average Bonchev–Trinajstić information content (AvgIpc) is 3.03. The molecule has 0 radical (unpaired) electrons. The molecule has 0 saturated heterocycles. The van der Waals surface area contributed by atoms with Crippen LogP contribution >= 0.6 is 11.3 Å². The summed E-state index contributed by atoms with van der Waals surface area (Å²) in [7, 11) is 0. The van der Waals surface area contributed by atoms with E-state index in [-0.39, 0.29) is 5.91 Å². The molecule has 0 unspecified atom stereocenters. The number of rotatable bonds is 5. The Balaban J connectivity index is 1.60. The van der Waals surface area contributed by atoms with E-state index < -0.39 is 0 Å². The number of carbonyl (C=O) groups is 1. The van der Waals surface area contributed by atoms with Gasteiger partial charge in [-0.2, -0.15) is 0 Å². The summed E-state index contributed by atoms with van der Waals surface area (Å²) in [5, 5.41) is 8.22. The number of thiazole rings is 1. The van der Waals surface area contributed by atoms with Crippen LogP contribution in [0.5, 0.6) is 0 Å². The van der Waals surface area contributed by atoms with Crippen LogP contribution in [-0.4, -0.2) is 20.9 Å². The second-order valence-electron chi connectivity index (χ2n) is 4.42. The van der Waals surface area contributed by atoms with Crippen molar-refractivity contribution in [3.05, 3.63) is 65.6 Å². The first-order valence-electron chi connectivity index (χ1n) is 6.62. The molecule has 3 rings (SSSR count). The van der Waals surface area contributed by atoms with Crippen LogP contribution in [0.3, 0.4) is 0 Å². The largest absolute Gasteiger partial charge is 0.347 e. The van der Waals surface area contributed by atoms with Crippen molar-refractivity contribution in [2.45, 2.75) is 6.54 Å². The number of amides is 1. The second-order valence-corrected chi connectivity index (χ2v) is 5.28. The SMILES string of the molecule is O=C(NCc1cccnc1)c1csc(Nc2ccccn2)n1. The molecule has 1 amide bonds. The van der Waals surface area contributed by atoms with Crippen LogP contribution in [-0.2, 0) is 6.54 Å². The molecule has 7 heteroatoms. The van der Waals surface area contributed by atoms with Gasteiger partial charge in [-0.3, -0.25) is 9.78 Å². The third-order valence-corrected chi connectivity index (χ3v) is 3.57. The smallest absolute Gasteiger partial charge is 0.271 e. The molecule has 3 heterocycles. The van der Waals surface area contributed by atoms with Crippen LogP contribution in [0.15, 0.2) is 54.3 Å².